The maximum absolute atomic E-state index is 11.7. The first-order valence-electron chi connectivity index (χ1n) is 7.12. The summed E-state index contributed by atoms with van der Waals surface area (Å²) in [5.74, 6) is -2.80. The molecule has 4 amide bonds. The summed E-state index contributed by atoms with van der Waals surface area (Å²) in [6.45, 7) is 0. The van der Waals surface area contributed by atoms with E-state index in [9.17, 15) is 29.4 Å². The van der Waals surface area contributed by atoms with Gasteiger partial charge >= 0.3 is 12.1 Å². The molecule has 0 aliphatic rings. The Morgan fingerprint density at radius 2 is 1.04 bits per heavy atom. The largest absolute Gasteiger partial charge is 0.545 e. The second-order valence-corrected chi connectivity index (χ2v) is 4.89. The number of carbonyl (C=O) groups excluding carboxylic acids is 4. The van der Waals surface area contributed by atoms with Crippen molar-refractivity contribution in [3.05, 3.63) is 59.7 Å². The van der Waals surface area contributed by atoms with Crippen LogP contribution in [0.4, 0.5) is 21.0 Å². The number of hydrogen-bond acceptors (Lipinski definition) is 6. The van der Waals surface area contributed by atoms with Crippen LogP contribution in [-0.2, 0) is 0 Å². The highest BCUT2D eigenvalue weighted by Gasteiger charge is 2.06. The number of rotatable bonds is 4. The van der Waals surface area contributed by atoms with Crippen molar-refractivity contribution in [2.75, 3.05) is 10.6 Å². The molecular formula is C16H12N4O6-2. The van der Waals surface area contributed by atoms with Gasteiger partial charge in [0.15, 0.2) is 0 Å². The van der Waals surface area contributed by atoms with Gasteiger partial charge in [0.25, 0.3) is 0 Å². The molecule has 10 nitrogen and oxygen atoms in total. The van der Waals surface area contributed by atoms with E-state index in [4.69, 9.17) is 0 Å². The third-order valence-corrected chi connectivity index (χ3v) is 3.00. The number of amides is 4. The topological polar surface area (TPSA) is 163 Å². The van der Waals surface area contributed by atoms with Crippen molar-refractivity contribution in [2.24, 2.45) is 0 Å². The minimum absolute atomic E-state index is 0.124. The molecule has 0 aliphatic carbocycles. The molecule has 10 heteroatoms. The molecule has 134 valence electrons. The van der Waals surface area contributed by atoms with Crippen LogP contribution in [0.25, 0.3) is 0 Å². The average Bonchev–Trinajstić information content (AvgIpc) is 2.60. The molecule has 26 heavy (non-hydrogen) atoms. The fraction of sp³-hybridized carbons (Fsp3) is 0. The van der Waals surface area contributed by atoms with E-state index in [1.54, 1.807) is 0 Å². The predicted octanol–water partition coefficient (Wildman–Crippen LogP) is -0.728. The van der Waals surface area contributed by atoms with Crippen molar-refractivity contribution >= 4 is 35.4 Å². The van der Waals surface area contributed by atoms with Crippen LogP contribution in [0.2, 0.25) is 0 Å². The number of urea groups is 2. The first kappa shape index (κ1) is 18.3. The Labute approximate surface area is 146 Å². The average molecular weight is 356 g/mol. The van der Waals surface area contributed by atoms with Crippen LogP contribution in [0, 0.1) is 0 Å². The highest BCUT2D eigenvalue weighted by Crippen LogP contribution is 2.10. The third kappa shape index (κ3) is 5.23. The lowest BCUT2D eigenvalue weighted by atomic mass is 10.2. The number of carboxylic acid groups (broad SMARTS) is 2. The molecule has 2 aromatic rings. The Bertz CT molecular complexity index is 796. The summed E-state index contributed by atoms with van der Waals surface area (Å²) in [4.78, 5) is 44.9. The molecule has 0 aromatic heterocycles. The van der Waals surface area contributed by atoms with Gasteiger partial charge in [0.2, 0.25) is 0 Å². The molecule has 0 fully saturated rings. The van der Waals surface area contributed by atoms with Crippen LogP contribution in [0.1, 0.15) is 20.7 Å². The number of nitrogens with one attached hydrogen (secondary N) is 4. The Hall–Kier alpha value is -4.08. The van der Waals surface area contributed by atoms with Crippen LogP contribution in [0.5, 0.6) is 0 Å². The number of benzene rings is 2. The van der Waals surface area contributed by atoms with Crippen LogP contribution in [0.15, 0.2) is 48.5 Å². The number of carboxylic acids is 2. The number of carbonyl (C=O) groups is 4. The lowest BCUT2D eigenvalue weighted by Gasteiger charge is -2.12. The van der Waals surface area contributed by atoms with E-state index < -0.39 is 24.0 Å². The maximum atomic E-state index is 11.7. The van der Waals surface area contributed by atoms with Crippen LogP contribution >= 0.6 is 0 Å². The Morgan fingerprint density at radius 3 is 1.38 bits per heavy atom. The van der Waals surface area contributed by atoms with Gasteiger partial charge in [0.05, 0.1) is 11.9 Å². The standard InChI is InChI=1S/C16H14N4O6/c21-13(22)9-3-1-5-11(7-9)17-15(25)19-20-16(26)18-12-6-2-4-10(8-12)14(23)24/h1-8H,(H,21,22)(H,23,24)(H2,17,19,25)(H2,18,20,26)/p-2. The molecule has 0 radical (unpaired) electrons. The van der Waals surface area contributed by atoms with Crippen LogP contribution in [0.3, 0.4) is 0 Å². The van der Waals surface area contributed by atoms with Crippen molar-refractivity contribution in [1.82, 2.24) is 10.9 Å². The van der Waals surface area contributed by atoms with Gasteiger partial charge in [-0.25, -0.2) is 20.4 Å². The van der Waals surface area contributed by atoms with Crippen LogP contribution < -0.4 is 31.7 Å². The molecule has 0 heterocycles. The van der Waals surface area contributed by atoms with E-state index in [0.717, 1.165) is 0 Å². The first-order valence-corrected chi connectivity index (χ1v) is 7.12. The van der Waals surface area contributed by atoms with E-state index in [1.807, 2.05) is 10.9 Å². The third-order valence-electron chi connectivity index (χ3n) is 3.00. The van der Waals surface area contributed by atoms with Gasteiger partial charge in [0, 0.05) is 11.4 Å². The van der Waals surface area contributed by atoms with Crippen molar-refractivity contribution in [1.29, 1.82) is 0 Å². The predicted molar refractivity (Wildman–Crippen MR) is 85.9 cm³/mol. The van der Waals surface area contributed by atoms with Gasteiger partial charge in [-0.2, -0.15) is 0 Å². The summed E-state index contributed by atoms with van der Waals surface area (Å²) in [5.41, 5.74) is 4.17. The van der Waals surface area contributed by atoms with Crippen molar-refractivity contribution in [3.63, 3.8) is 0 Å². The minimum atomic E-state index is -1.40. The van der Waals surface area contributed by atoms with Crippen molar-refractivity contribution < 1.29 is 29.4 Å². The molecule has 0 bridgehead atoms. The Balaban J connectivity index is 1.86. The highest BCUT2D eigenvalue weighted by atomic mass is 16.4. The second-order valence-electron chi connectivity index (χ2n) is 4.89. The van der Waals surface area contributed by atoms with Gasteiger partial charge in [-0.3, -0.25) is 0 Å². The van der Waals surface area contributed by atoms with Crippen molar-refractivity contribution in [2.45, 2.75) is 0 Å². The Kier molecular flexibility index (Phi) is 5.72. The molecule has 2 aromatic carbocycles. The molecule has 2 rings (SSSR count). The quantitative estimate of drug-likeness (QED) is 0.528. The maximum Gasteiger partial charge on any atom is 0.337 e. The van der Waals surface area contributed by atoms with Crippen molar-refractivity contribution in [3.8, 4) is 0 Å². The molecule has 0 spiro atoms. The van der Waals surface area contributed by atoms with E-state index in [-0.39, 0.29) is 22.5 Å². The molecule has 0 unspecified atom stereocenters. The lowest BCUT2D eigenvalue weighted by molar-refractivity contribution is -0.256. The fourth-order valence-corrected chi connectivity index (χ4v) is 1.89. The van der Waals surface area contributed by atoms with Gasteiger partial charge in [0.1, 0.15) is 0 Å². The normalized spacial score (nSPS) is 9.69. The molecule has 0 atom stereocenters. The summed E-state index contributed by atoms with van der Waals surface area (Å²) in [7, 11) is 0. The monoisotopic (exact) mass is 356 g/mol. The molecular weight excluding hydrogens is 344 g/mol. The summed E-state index contributed by atoms with van der Waals surface area (Å²) < 4.78 is 0. The molecule has 0 aliphatic heterocycles. The number of hydrazine groups is 1. The fourth-order valence-electron chi connectivity index (χ4n) is 1.89. The molecule has 0 saturated carbocycles. The number of aromatic carboxylic acids is 2. The summed E-state index contributed by atoms with van der Waals surface area (Å²) in [6.07, 6.45) is 0. The van der Waals surface area contributed by atoms with E-state index in [0.29, 0.717) is 0 Å². The van der Waals surface area contributed by atoms with Gasteiger partial charge in [-0.15, -0.1) is 0 Å². The molecule has 0 saturated heterocycles. The van der Waals surface area contributed by atoms with E-state index >= 15 is 0 Å². The summed E-state index contributed by atoms with van der Waals surface area (Å²) in [5, 5.41) is 26.1. The zero-order valence-corrected chi connectivity index (χ0v) is 13.1. The SMILES string of the molecule is O=C(NNC(=O)Nc1cccc(C(=O)[O-])c1)Nc1cccc(C(=O)[O-])c1. The van der Waals surface area contributed by atoms with Gasteiger partial charge < -0.3 is 30.4 Å². The zero-order valence-electron chi connectivity index (χ0n) is 13.1. The van der Waals surface area contributed by atoms with E-state index in [2.05, 4.69) is 10.6 Å². The van der Waals surface area contributed by atoms with E-state index in [1.165, 1.54) is 48.5 Å². The minimum Gasteiger partial charge on any atom is -0.545 e. The zero-order chi connectivity index (χ0) is 19.1. The van der Waals surface area contributed by atoms with Crippen LogP contribution in [-0.4, -0.2) is 24.0 Å². The number of anilines is 2. The summed E-state index contributed by atoms with van der Waals surface area (Å²) >= 11 is 0. The number of hydrogen-bond donors (Lipinski definition) is 4. The summed E-state index contributed by atoms with van der Waals surface area (Å²) in [6, 6.07) is 8.99. The lowest BCUT2D eigenvalue weighted by Crippen LogP contribution is -2.45. The first-order chi connectivity index (χ1) is 12.3. The second kappa shape index (κ2) is 8.15. The van der Waals surface area contributed by atoms with Gasteiger partial charge in [-0.1, -0.05) is 24.3 Å². The molecule has 4 N–H and O–H groups in total. The highest BCUT2D eigenvalue weighted by molar-refractivity contribution is 5.96. The smallest absolute Gasteiger partial charge is 0.337 e. The van der Waals surface area contributed by atoms with Gasteiger partial charge in [-0.05, 0) is 35.4 Å². The Morgan fingerprint density at radius 1 is 0.654 bits per heavy atom.